The van der Waals surface area contributed by atoms with Crippen LogP contribution in [0.5, 0.6) is 0 Å². The molecule has 2 saturated heterocycles. The molecule has 1 amide bonds. The number of carboxylic acids is 1. The maximum Gasteiger partial charge on any atom is 0.407 e. The quantitative estimate of drug-likeness (QED) is 0.834. The highest BCUT2D eigenvalue weighted by molar-refractivity contribution is 5.80. The first-order valence-electron chi connectivity index (χ1n) is 9.48. The fraction of sp³-hybridized carbons (Fsp3) is 0.364. The van der Waals surface area contributed by atoms with E-state index in [4.69, 9.17) is 9.47 Å². The van der Waals surface area contributed by atoms with Crippen LogP contribution in [-0.4, -0.2) is 42.5 Å². The number of fused-ring (bicyclic) bond motifs is 4. The van der Waals surface area contributed by atoms with E-state index in [0.29, 0.717) is 26.0 Å². The number of carbonyl (C=O) groups excluding carboxylic acids is 1. The molecule has 0 unspecified atom stereocenters. The zero-order valence-electron chi connectivity index (χ0n) is 15.3. The van der Waals surface area contributed by atoms with Gasteiger partial charge in [-0.25, -0.2) is 9.59 Å². The molecule has 4 aliphatic rings. The van der Waals surface area contributed by atoms with Crippen LogP contribution >= 0.6 is 0 Å². The van der Waals surface area contributed by atoms with Gasteiger partial charge in [-0.15, -0.1) is 0 Å². The number of carbonyl (C=O) groups is 2. The highest BCUT2D eigenvalue weighted by Crippen LogP contribution is 2.57. The van der Waals surface area contributed by atoms with Crippen LogP contribution in [-0.2, 0) is 14.3 Å². The molecule has 2 aliphatic heterocycles. The van der Waals surface area contributed by atoms with Gasteiger partial charge in [0.25, 0.3) is 0 Å². The third-order valence-corrected chi connectivity index (χ3v) is 6.32. The van der Waals surface area contributed by atoms with E-state index in [2.05, 4.69) is 29.6 Å². The Morgan fingerprint density at radius 2 is 1.68 bits per heavy atom. The summed E-state index contributed by atoms with van der Waals surface area (Å²) in [5, 5.41) is 12.0. The Balaban J connectivity index is 1.21. The average Bonchev–Trinajstić information content (AvgIpc) is 3.34. The predicted octanol–water partition coefficient (Wildman–Crippen LogP) is 3.16. The molecule has 2 aromatic carbocycles. The summed E-state index contributed by atoms with van der Waals surface area (Å²) < 4.78 is 11.0. The lowest BCUT2D eigenvalue weighted by molar-refractivity contribution is -0.164. The molecule has 0 aromatic heterocycles. The Labute approximate surface area is 162 Å². The van der Waals surface area contributed by atoms with E-state index in [1.165, 1.54) is 22.3 Å². The molecule has 6 heteroatoms. The number of hydrogen-bond acceptors (Lipinski definition) is 4. The molecule has 1 saturated carbocycles. The molecule has 2 aromatic rings. The Hall–Kier alpha value is -2.86. The molecular formula is C22H21NO5. The topological polar surface area (TPSA) is 84.9 Å². The summed E-state index contributed by atoms with van der Waals surface area (Å²) in [5.41, 5.74) is 3.41. The summed E-state index contributed by atoms with van der Waals surface area (Å²) >= 11 is 0. The van der Waals surface area contributed by atoms with Gasteiger partial charge in [0, 0.05) is 17.9 Å². The van der Waals surface area contributed by atoms with Crippen LogP contribution in [0.15, 0.2) is 48.5 Å². The van der Waals surface area contributed by atoms with Crippen LogP contribution in [0.1, 0.15) is 29.9 Å². The number of hydrogen-bond donors (Lipinski definition) is 2. The fourth-order valence-electron chi connectivity index (χ4n) is 4.95. The number of amides is 1. The largest absolute Gasteiger partial charge is 0.479 e. The predicted molar refractivity (Wildman–Crippen MR) is 101 cm³/mol. The van der Waals surface area contributed by atoms with Crippen LogP contribution < -0.4 is 5.32 Å². The van der Waals surface area contributed by atoms with Gasteiger partial charge >= 0.3 is 12.1 Å². The zero-order chi connectivity index (χ0) is 19.4. The van der Waals surface area contributed by atoms with E-state index in [1.807, 2.05) is 24.3 Å². The molecule has 2 N–H and O–H groups in total. The highest BCUT2D eigenvalue weighted by Gasteiger charge is 2.66. The van der Waals surface area contributed by atoms with Crippen molar-refractivity contribution in [2.75, 3.05) is 19.8 Å². The van der Waals surface area contributed by atoms with Crippen molar-refractivity contribution in [1.82, 2.24) is 5.32 Å². The van der Waals surface area contributed by atoms with Crippen LogP contribution in [0.2, 0.25) is 0 Å². The summed E-state index contributed by atoms with van der Waals surface area (Å²) in [5.74, 6) is -0.892. The third kappa shape index (κ3) is 2.52. The number of ether oxygens (including phenoxy) is 2. The van der Waals surface area contributed by atoms with Crippen molar-refractivity contribution in [1.29, 1.82) is 0 Å². The van der Waals surface area contributed by atoms with Gasteiger partial charge in [-0.3, -0.25) is 0 Å². The molecule has 28 heavy (non-hydrogen) atoms. The first kappa shape index (κ1) is 17.3. The SMILES string of the molecule is O=C(NCC12COC(C(=O)O)(C1)C2)OCC1c2ccccc2-c2ccccc21. The Morgan fingerprint density at radius 1 is 1.07 bits per heavy atom. The van der Waals surface area contributed by atoms with Gasteiger partial charge in [0.1, 0.15) is 6.61 Å². The molecule has 0 atom stereocenters. The van der Waals surface area contributed by atoms with E-state index in [9.17, 15) is 14.7 Å². The lowest BCUT2D eigenvalue weighted by atomic mass is 9.62. The monoisotopic (exact) mass is 379 g/mol. The molecule has 144 valence electrons. The van der Waals surface area contributed by atoms with E-state index >= 15 is 0 Å². The van der Waals surface area contributed by atoms with Crippen molar-refractivity contribution in [3.63, 3.8) is 0 Å². The van der Waals surface area contributed by atoms with Crippen LogP contribution in [0.3, 0.4) is 0 Å². The second kappa shape index (κ2) is 6.07. The smallest absolute Gasteiger partial charge is 0.407 e. The van der Waals surface area contributed by atoms with Gasteiger partial charge in [-0.1, -0.05) is 48.5 Å². The molecule has 6 nitrogen and oxygen atoms in total. The summed E-state index contributed by atoms with van der Waals surface area (Å²) in [6, 6.07) is 16.4. The van der Waals surface area contributed by atoms with Crippen molar-refractivity contribution < 1.29 is 24.2 Å². The molecule has 0 spiro atoms. The van der Waals surface area contributed by atoms with Gasteiger partial charge in [-0.05, 0) is 35.1 Å². The number of rotatable bonds is 5. The number of nitrogens with one attached hydrogen (secondary N) is 1. The van der Waals surface area contributed by atoms with E-state index in [-0.39, 0.29) is 17.9 Å². The summed E-state index contributed by atoms with van der Waals surface area (Å²) in [6.07, 6.45) is 0.411. The van der Waals surface area contributed by atoms with Crippen molar-refractivity contribution in [3.8, 4) is 11.1 Å². The Bertz CT molecular complexity index is 917. The van der Waals surface area contributed by atoms with Crippen LogP contribution in [0.4, 0.5) is 4.79 Å². The number of carboxylic acid groups (broad SMARTS) is 1. The van der Waals surface area contributed by atoms with Gasteiger partial charge < -0.3 is 19.9 Å². The molecule has 2 bridgehead atoms. The first-order chi connectivity index (χ1) is 13.5. The molecule has 0 radical (unpaired) electrons. The summed E-state index contributed by atoms with van der Waals surface area (Å²) in [7, 11) is 0. The highest BCUT2D eigenvalue weighted by atomic mass is 16.6. The van der Waals surface area contributed by atoms with E-state index in [1.54, 1.807) is 0 Å². The maximum absolute atomic E-state index is 12.3. The number of aliphatic carboxylic acids is 1. The normalized spacial score (nSPS) is 26.9. The lowest BCUT2D eigenvalue weighted by Crippen LogP contribution is -2.54. The number of benzene rings is 2. The fourth-order valence-corrected chi connectivity index (χ4v) is 4.95. The van der Waals surface area contributed by atoms with E-state index in [0.717, 1.165) is 0 Å². The van der Waals surface area contributed by atoms with Crippen molar-refractivity contribution in [2.45, 2.75) is 24.4 Å². The minimum absolute atomic E-state index is 0.0227. The second-order valence-electron chi connectivity index (χ2n) is 8.12. The molecule has 6 rings (SSSR count). The number of alkyl carbamates (subject to hydrolysis) is 1. The van der Waals surface area contributed by atoms with Crippen molar-refractivity contribution in [2.24, 2.45) is 5.41 Å². The van der Waals surface area contributed by atoms with Gasteiger partial charge in [0.2, 0.25) is 0 Å². The minimum Gasteiger partial charge on any atom is -0.479 e. The molecule has 2 heterocycles. The Morgan fingerprint density at radius 3 is 2.25 bits per heavy atom. The Kier molecular flexibility index (Phi) is 3.74. The second-order valence-corrected chi connectivity index (χ2v) is 8.12. The van der Waals surface area contributed by atoms with Crippen molar-refractivity contribution >= 4 is 12.1 Å². The lowest BCUT2D eigenvalue weighted by Gasteiger charge is -2.41. The molecular weight excluding hydrogens is 358 g/mol. The standard InChI is InChI=1S/C22H21NO5/c24-19(25)22-10-21(11-22,13-28-22)12-23-20(26)27-9-18-16-7-3-1-5-14(16)15-6-2-4-8-17(15)18/h1-8,18H,9-13H2,(H,23,26)(H,24,25). The van der Waals surface area contributed by atoms with Crippen LogP contribution in [0.25, 0.3) is 11.1 Å². The molecule has 3 fully saturated rings. The van der Waals surface area contributed by atoms with E-state index < -0.39 is 17.7 Å². The van der Waals surface area contributed by atoms with Crippen LogP contribution in [0, 0.1) is 5.41 Å². The zero-order valence-corrected chi connectivity index (χ0v) is 15.3. The third-order valence-electron chi connectivity index (χ3n) is 6.32. The first-order valence-corrected chi connectivity index (χ1v) is 9.48. The van der Waals surface area contributed by atoms with Gasteiger partial charge in [0.15, 0.2) is 5.60 Å². The minimum atomic E-state index is -1.04. The average molecular weight is 379 g/mol. The summed E-state index contributed by atoms with van der Waals surface area (Å²) in [6.45, 7) is 1.00. The summed E-state index contributed by atoms with van der Waals surface area (Å²) in [4.78, 5) is 23.5. The molecule has 2 aliphatic carbocycles. The van der Waals surface area contributed by atoms with Gasteiger partial charge in [0.05, 0.1) is 6.61 Å². The maximum atomic E-state index is 12.3. The van der Waals surface area contributed by atoms with Gasteiger partial charge in [-0.2, -0.15) is 0 Å². The van der Waals surface area contributed by atoms with Crippen molar-refractivity contribution in [3.05, 3.63) is 59.7 Å².